The molecule has 0 aliphatic heterocycles. The first-order valence-electron chi connectivity index (χ1n) is 8.36. The Morgan fingerprint density at radius 3 is 2.00 bits per heavy atom. The van der Waals surface area contributed by atoms with Gasteiger partial charge in [0, 0.05) is 28.4 Å². The van der Waals surface area contributed by atoms with Gasteiger partial charge in [-0.15, -0.1) is 0 Å². The molecule has 8 heteroatoms. The van der Waals surface area contributed by atoms with Crippen molar-refractivity contribution in [1.29, 1.82) is 0 Å². The Morgan fingerprint density at radius 2 is 1.41 bits per heavy atom. The summed E-state index contributed by atoms with van der Waals surface area (Å²) in [6, 6.07) is 12.3. The SMILES string of the molecule is CC(C)CC(=O)Nc1ccc(C(=O)NNC(=O)Nc2ccc(Cl)cc2)cc1. The minimum absolute atomic E-state index is 0.0808. The molecule has 27 heavy (non-hydrogen) atoms. The van der Waals surface area contributed by atoms with Crippen molar-refractivity contribution < 1.29 is 14.4 Å². The zero-order chi connectivity index (χ0) is 19.8. The van der Waals surface area contributed by atoms with Crippen molar-refractivity contribution in [2.75, 3.05) is 10.6 Å². The lowest BCUT2D eigenvalue weighted by atomic mass is 10.1. The first kappa shape index (κ1) is 20.3. The van der Waals surface area contributed by atoms with Gasteiger partial charge >= 0.3 is 6.03 Å². The van der Waals surface area contributed by atoms with Crippen molar-refractivity contribution in [1.82, 2.24) is 10.9 Å². The monoisotopic (exact) mass is 388 g/mol. The summed E-state index contributed by atoms with van der Waals surface area (Å²) in [6.07, 6.45) is 0.425. The van der Waals surface area contributed by atoms with E-state index in [9.17, 15) is 14.4 Å². The Balaban J connectivity index is 1.82. The number of carbonyl (C=O) groups excluding carboxylic acids is 3. The van der Waals surface area contributed by atoms with Crippen LogP contribution in [0.15, 0.2) is 48.5 Å². The summed E-state index contributed by atoms with van der Waals surface area (Å²) in [4.78, 5) is 35.6. The average molecular weight is 389 g/mol. The lowest BCUT2D eigenvalue weighted by Gasteiger charge is -2.10. The third-order valence-electron chi connectivity index (χ3n) is 3.42. The maximum atomic E-state index is 12.1. The Bertz CT molecular complexity index is 805. The molecule has 0 saturated heterocycles. The third-order valence-corrected chi connectivity index (χ3v) is 3.67. The number of halogens is 1. The number of hydrogen-bond donors (Lipinski definition) is 4. The molecule has 0 fully saturated rings. The van der Waals surface area contributed by atoms with E-state index in [1.54, 1.807) is 48.5 Å². The molecule has 0 aromatic heterocycles. The van der Waals surface area contributed by atoms with E-state index in [0.29, 0.717) is 28.4 Å². The zero-order valence-electron chi connectivity index (χ0n) is 15.0. The summed E-state index contributed by atoms with van der Waals surface area (Å²) >= 11 is 5.77. The van der Waals surface area contributed by atoms with Crippen molar-refractivity contribution in [3.63, 3.8) is 0 Å². The van der Waals surface area contributed by atoms with E-state index in [1.165, 1.54) is 0 Å². The van der Waals surface area contributed by atoms with E-state index >= 15 is 0 Å². The second-order valence-corrected chi connectivity index (χ2v) is 6.70. The van der Waals surface area contributed by atoms with Crippen LogP contribution in [0.3, 0.4) is 0 Å². The van der Waals surface area contributed by atoms with Crippen LogP contribution in [0.1, 0.15) is 30.6 Å². The molecule has 4 N–H and O–H groups in total. The minimum Gasteiger partial charge on any atom is -0.326 e. The van der Waals surface area contributed by atoms with Gasteiger partial charge < -0.3 is 10.6 Å². The fourth-order valence-corrected chi connectivity index (χ4v) is 2.29. The molecule has 0 bridgehead atoms. The van der Waals surface area contributed by atoms with Crippen LogP contribution in [0.4, 0.5) is 16.2 Å². The Morgan fingerprint density at radius 1 is 0.852 bits per heavy atom. The molecule has 142 valence electrons. The molecule has 0 saturated carbocycles. The quantitative estimate of drug-likeness (QED) is 0.586. The molecule has 0 spiro atoms. The molecule has 2 rings (SSSR count). The van der Waals surface area contributed by atoms with Crippen molar-refractivity contribution in [3.8, 4) is 0 Å². The van der Waals surface area contributed by atoms with E-state index < -0.39 is 11.9 Å². The van der Waals surface area contributed by atoms with Crippen molar-refractivity contribution >= 4 is 40.8 Å². The molecule has 0 atom stereocenters. The Kier molecular flexibility index (Phi) is 7.19. The summed E-state index contributed by atoms with van der Waals surface area (Å²) in [7, 11) is 0. The van der Waals surface area contributed by atoms with Crippen LogP contribution in [0, 0.1) is 5.92 Å². The van der Waals surface area contributed by atoms with E-state index in [1.807, 2.05) is 13.8 Å². The highest BCUT2D eigenvalue weighted by molar-refractivity contribution is 6.30. The van der Waals surface area contributed by atoms with Crippen LogP contribution in [0.25, 0.3) is 0 Å². The second-order valence-electron chi connectivity index (χ2n) is 6.26. The molecule has 0 aliphatic carbocycles. The highest BCUT2D eigenvalue weighted by Crippen LogP contribution is 2.13. The Labute approximate surface area is 162 Å². The summed E-state index contributed by atoms with van der Waals surface area (Å²) in [5.74, 6) is -0.302. The summed E-state index contributed by atoms with van der Waals surface area (Å²) in [5.41, 5.74) is 6.04. The maximum Gasteiger partial charge on any atom is 0.337 e. The Hall–Kier alpha value is -3.06. The summed E-state index contributed by atoms with van der Waals surface area (Å²) in [5, 5.41) is 5.87. The lowest BCUT2D eigenvalue weighted by molar-refractivity contribution is -0.116. The fourth-order valence-electron chi connectivity index (χ4n) is 2.17. The van der Waals surface area contributed by atoms with Crippen LogP contribution in [-0.4, -0.2) is 17.8 Å². The van der Waals surface area contributed by atoms with Crippen LogP contribution in [0.5, 0.6) is 0 Å². The maximum absolute atomic E-state index is 12.1. The number of anilines is 2. The van der Waals surface area contributed by atoms with Crippen LogP contribution < -0.4 is 21.5 Å². The van der Waals surface area contributed by atoms with Gasteiger partial charge in [0.05, 0.1) is 0 Å². The minimum atomic E-state index is -0.594. The number of hydrazine groups is 1. The van der Waals surface area contributed by atoms with Gasteiger partial charge in [-0.1, -0.05) is 25.4 Å². The first-order valence-corrected chi connectivity index (χ1v) is 8.74. The van der Waals surface area contributed by atoms with E-state index in [4.69, 9.17) is 11.6 Å². The van der Waals surface area contributed by atoms with E-state index in [0.717, 1.165) is 0 Å². The zero-order valence-corrected chi connectivity index (χ0v) is 15.8. The molecule has 2 aromatic rings. The average Bonchev–Trinajstić information content (AvgIpc) is 2.61. The number of benzene rings is 2. The van der Waals surface area contributed by atoms with E-state index in [2.05, 4.69) is 21.5 Å². The molecule has 2 aromatic carbocycles. The van der Waals surface area contributed by atoms with Gasteiger partial charge in [-0.25, -0.2) is 10.2 Å². The van der Waals surface area contributed by atoms with Gasteiger partial charge in [-0.2, -0.15) is 0 Å². The lowest BCUT2D eigenvalue weighted by Crippen LogP contribution is -2.43. The largest absolute Gasteiger partial charge is 0.337 e. The normalized spacial score (nSPS) is 10.2. The predicted octanol–water partition coefficient (Wildman–Crippen LogP) is 3.79. The summed E-state index contributed by atoms with van der Waals surface area (Å²) < 4.78 is 0. The highest BCUT2D eigenvalue weighted by Gasteiger charge is 2.09. The second kappa shape index (κ2) is 9.59. The third kappa shape index (κ3) is 6.99. The summed E-state index contributed by atoms with van der Waals surface area (Å²) in [6.45, 7) is 3.92. The highest BCUT2D eigenvalue weighted by atomic mass is 35.5. The van der Waals surface area contributed by atoms with Crippen LogP contribution in [-0.2, 0) is 4.79 Å². The van der Waals surface area contributed by atoms with Gasteiger partial charge in [-0.05, 0) is 54.4 Å². The number of nitrogens with one attached hydrogen (secondary N) is 4. The van der Waals surface area contributed by atoms with Crippen molar-refractivity contribution in [3.05, 3.63) is 59.1 Å². The van der Waals surface area contributed by atoms with Gasteiger partial charge in [0.25, 0.3) is 5.91 Å². The molecule has 0 heterocycles. The number of carbonyl (C=O) groups is 3. The van der Waals surface area contributed by atoms with Crippen LogP contribution >= 0.6 is 11.6 Å². The number of rotatable bonds is 5. The molecule has 0 aliphatic rings. The van der Waals surface area contributed by atoms with E-state index in [-0.39, 0.29) is 11.8 Å². The predicted molar refractivity (Wildman–Crippen MR) is 106 cm³/mol. The van der Waals surface area contributed by atoms with Crippen molar-refractivity contribution in [2.24, 2.45) is 5.92 Å². The van der Waals surface area contributed by atoms with Crippen LogP contribution in [0.2, 0.25) is 5.02 Å². The smallest absolute Gasteiger partial charge is 0.326 e. The van der Waals surface area contributed by atoms with Gasteiger partial charge in [0.1, 0.15) is 0 Å². The fraction of sp³-hybridized carbons (Fsp3) is 0.211. The molecule has 4 amide bonds. The topological polar surface area (TPSA) is 99.3 Å². The standard InChI is InChI=1S/C19H21ClN4O3/c1-12(2)11-17(25)21-15-7-3-13(4-8-15)18(26)23-24-19(27)22-16-9-5-14(20)6-10-16/h3-10,12H,11H2,1-2H3,(H,21,25)(H,23,26)(H2,22,24,27). The molecule has 0 radical (unpaired) electrons. The number of urea groups is 1. The number of hydrogen-bond acceptors (Lipinski definition) is 3. The van der Waals surface area contributed by atoms with Gasteiger partial charge in [0.2, 0.25) is 5.91 Å². The molecular formula is C19H21ClN4O3. The molecule has 7 nitrogen and oxygen atoms in total. The molecule has 0 unspecified atom stereocenters. The number of amides is 4. The van der Waals surface area contributed by atoms with Gasteiger partial charge in [-0.3, -0.25) is 15.0 Å². The first-order chi connectivity index (χ1) is 12.8. The molecular weight excluding hydrogens is 368 g/mol. The van der Waals surface area contributed by atoms with Crippen molar-refractivity contribution in [2.45, 2.75) is 20.3 Å². The van der Waals surface area contributed by atoms with Gasteiger partial charge in [0.15, 0.2) is 0 Å².